The third kappa shape index (κ3) is 4.60. The minimum Gasteiger partial charge on any atom is -0.503 e. The first-order valence-corrected chi connectivity index (χ1v) is 11.8. The molecule has 1 aliphatic rings. The van der Waals surface area contributed by atoms with E-state index in [2.05, 4.69) is 15.9 Å². The first-order valence-electron chi connectivity index (χ1n) is 11.1. The van der Waals surface area contributed by atoms with Crippen LogP contribution in [0.15, 0.2) is 68.8 Å². The lowest BCUT2D eigenvalue weighted by Crippen LogP contribution is -2.36. The molecular weight excluding hydrogens is 500 g/mol. The van der Waals surface area contributed by atoms with Gasteiger partial charge >= 0.3 is 0 Å². The number of halogens is 1. The zero-order valence-corrected chi connectivity index (χ0v) is 21.1. The molecule has 0 radical (unpaired) electrons. The van der Waals surface area contributed by atoms with Crippen LogP contribution in [0.5, 0.6) is 5.75 Å². The van der Waals surface area contributed by atoms with Crippen molar-refractivity contribution < 1.29 is 23.8 Å². The standard InChI is InChI=1S/C26H27BrN2O5/c1-15(2)33-20-8-6-5-7-18(20)23-22(25(31)26(32)29(23)12-11-28(3)4)24(30)21-14-16-13-17(27)9-10-19(16)34-21/h5-10,13-15,23,31H,11-12H2,1-4H3. The molecule has 0 bridgehead atoms. The van der Waals surface area contributed by atoms with E-state index in [1.807, 2.05) is 63.2 Å². The van der Waals surface area contributed by atoms with Crippen molar-refractivity contribution in [3.63, 3.8) is 0 Å². The number of carbonyl (C=O) groups is 2. The molecule has 1 aliphatic heterocycles. The van der Waals surface area contributed by atoms with Crippen molar-refractivity contribution in [2.24, 2.45) is 0 Å². The van der Waals surface area contributed by atoms with Gasteiger partial charge in [0.2, 0.25) is 5.78 Å². The van der Waals surface area contributed by atoms with Crippen LogP contribution in [0.4, 0.5) is 0 Å². The summed E-state index contributed by atoms with van der Waals surface area (Å²) in [6.07, 6.45) is -0.112. The fourth-order valence-corrected chi connectivity index (χ4v) is 4.45. The lowest BCUT2D eigenvalue weighted by molar-refractivity contribution is -0.129. The van der Waals surface area contributed by atoms with Crippen LogP contribution in [-0.4, -0.2) is 59.9 Å². The molecule has 3 aromatic rings. The monoisotopic (exact) mass is 526 g/mol. The fourth-order valence-electron chi connectivity index (χ4n) is 4.07. The van der Waals surface area contributed by atoms with Gasteiger partial charge in [-0.25, -0.2) is 0 Å². The molecule has 0 fully saturated rings. The van der Waals surface area contributed by atoms with E-state index in [-0.39, 0.29) is 17.4 Å². The molecule has 2 heterocycles. The number of ketones is 1. The summed E-state index contributed by atoms with van der Waals surface area (Å²) in [4.78, 5) is 30.3. The van der Waals surface area contributed by atoms with E-state index in [9.17, 15) is 14.7 Å². The van der Waals surface area contributed by atoms with Gasteiger partial charge in [-0.3, -0.25) is 9.59 Å². The van der Waals surface area contributed by atoms with Gasteiger partial charge in [0.1, 0.15) is 11.3 Å². The van der Waals surface area contributed by atoms with E-state index in [0.29, 0.717) is 30.0 Å². The Morgan fingerprint density at radius 2 is 1.94 bits per heavy atom. The van der Waals surface area contributed by atoms with Gasteiger partial charge in [-0.15, -0.1) is 0 Å². The number of fused-ring (bicyclic) bond motifs is 1. The topological polar surface area (TPSA) is 83.2 Å². The Kier molecular flexibility index (Phi) is 6.81. The van der Waals surface area contributed by atoms with Crippen molar-refractivity contribution in [1.29, 1.82) is 0 Å². The largest absolute Gasteiger partial charge is 0.503 e. The van der Waals surface area contributed by atoms with Gasteiger partial charge in [0.15, 0.2) is 11.5 Å². The van der Waals surface area contributed by atoms with E-state index in [1.165, 1.54) is 4.90 Å². The van der Waals surface area contributed by atoms with Crippen LogP contribution in [0.25, 0.3) is 11.0 Å². The van der Waals surface area contributed by atoms with Gasteiger partial charge < -0.3 is 24.1 Å². The first kappa shape index (κ1) is 24.0. The van der Waals surface area contributed by atoms with Gasteiger partial charge in [0.05, 0.1) is 17.7 Å². The SMILES string of the molecule is CC(C)Oc1ccccc1C1C(C(=O)c2cc3cc(Br)ccc3o2)=C(O)C(=O)N1CCN(C)C. The predicted molar refractivity (Wildman–Crippen MR) is 133 cm³/mol. The minimum atomic E-state index is -0.810. The summed E-state index contributed by atoms with van der Waals surface area (Å²) < 4.78 is 12.7. The molecule has 7 nitrogen and oxygen atoms in total. The normalized spacial score (nSPS) is 16.4. The second-order valence-corrected chi connectivity index (χ2v) is 9.71. The number of para-hydroxylation sites is 1. The number of ether oxygens (including phenoxy) is 1. The van der Waals surface area contributed by atoms with Crippen LogP contribution in [0.1, 0.15) is 36.0 Å². The number of aliphatic hydroxyl groups excluding tert-OH is 1. The number of carbonyl (C=O) groups excluding carboxylic acids is 2. The Morgan fingerprint density at radius 1 is 1.21 bits per heavy atom. The molecule has 8 heteroatoms. The second-order valence-electron chi connectivity index (χ2n) is 8.79. The molecule has 2 aromatic carbocycles. The van der Waals surface area contributed by atoms with Crippen molar-refractivity contribution >= 4 is 38.6 Å². The summed E-state index contributed by atoms with van der Waals surface area (Å²) in [7, 11) is 3.80. The summed E-state index contributed by atoms with van der Waals surface area (Å²) in [5.41, 5.74) is 1.16. The zero-order valence-electron chi connectivity index (χ0n) is 19.5. The van der Waals surface area contributed by atoms with E-state index >= 15 is 0 Å². The lowest BCUT2D eigenvalue weighted by Gasteiger charge is -2.29. The van der Waals surface area contributed by atoms with Gasteiger partial charge in [-0.05, 0) is 58.3 Å². The maximum Gasteiger partial charge on any atom is 0.290 e. The third-order valence-corrected chi connectivity index (χ3v) is 6.11. The zero-order chi connectivity index (χ0) is 24.6. The Hall–Kier alpha value is -3.10. The van der Waals surface area contributed by atoms with Crippen molar-refractivity contribution in [2.75, 3.05) is 27.2 Å². The Labute approximate surface area is 206 Å². The molecule has 1 aromatic heterocycles. The average Bonchev–Trinajstić information content (AvgIpc) is 3.30. The van der Waals surface area contributed by atoms with Crippen molar-refractivity contribution in [1.82, 2.24) is 9.80 Å². The number of nitrogens with zero attached hydrogens (tertiary/aromatic N) is 2. The van der Waals surface area contributed by atoms with Gasteiger partial charge in [0, 0.05) is 28.5 Å². The highest BCUT2D eigenvalue weighted by Crippen LogP contribution is 2.43. The molecule has 1 unspecified atom stereocenters. The Balaban J connectivity index is 1.83. The van der Waals surface area contributed by atoms with Crippen LogP contribution in [-0.2, 0) is 4.79 Å². The highest BCUT2D eigenvalue weighted by atomic mass is 79.9. The van der Waals surface area contributed by atoms with Crippen LogP contribution in [0, 0.1) is 0 Å². The summed E-state index contributed by atoms with van der Waals surface area (Å²) in [5, 5.41) is 11.7. The number of aliphatic hydroxyl groups is 1. The van der Waals surface area contributed by atoms with E-state index in [1.54, 1.807) is 18.2 Å². The molecule has 34 heavy (non-hydrogen) atoms. The quantitative estimate of drug-likeness (QED) is 0.410. The van der Waals surface area contributed by atoms with Gasteiger partial charge in [0.25, 0.3) is 5.91 Å². The molecule has 1 amide bonds. The summed E-state index contributed by atoms with van der Waals surface area (Å²) in [6.45, 7) is 4.70. The third-order valence-electron chi connectivity index (χ3n) is 5.61. The van der Waals surface area contributed by atoms with Crippen LogP contribution in [0.3, 0.4) is 0 Å². The van der Waals surface area contributed by atoms with Gasteiger partial charge in [-0.2, -0.15) is 0 Å². The van der Waals surface area contributed by atoms with Crippen molar-refractivity contribution in [3.05, 3.63) is 75.7 Å². The van der Waals surface area contributed by atoms with Crippen LogP contribution in [0.2, 0.25) is 0 Å². The van der Waals surface area contributed by atoms with Crippen molar-refractivity contribution in [2.45, 2.75) is 26.0 Å². The smallest absolute Gasteiger partial charge is 0.290 e. The number of rotatable bonds is 8. The fraction of sp³-hybridized carbons (Fsp3) is 0.308. The second kappa shape index (κ2) is 9.64. The number of hydrogen-bond donors (Lipinski definition) is 1. The molecule has 0 saturated carbocycles. The molecule has 1 N–H and O–H groups in total. The van der Waals surface area contributed by atoms with Crippen molar-refractivity contribution in [3.8, 4) is 5.75 Å². The Morgan fingerprint density at radius 3 is 2.65 bits per heavy atom. The molecule has 178 valence electrons. The maximum absolute atomic E-state index is 13.7. The van der Waals surface area contributed by atoms with Crippen LogP contribution < -0.4 is 4.74 Å². The lowest BCUT2D eigenvalue weighted by atomic mass is 9.94. The molecule has 0 spiro atoms. The molecule has 1 atom stereocenters. The minimum absolute atomic E-state index is 0.0123. The average molecular weight is 527 g/mol. The molecule has 4 rings (SSSR count). The number of furan rings is 1. The highest BCUT2D eigenvalue weighted by molar-refractivity contribution is 9.10. The summed E-state index contributed by atoms with van der Waals surface area (Å²) in [6, 6.07) is 13.5. The molecule has 0 saturated heterocycles. The summed E-state index contributed by atoms with van der Waals surface area (Å²) in [5.74, 6) is -1.07. The number of amides is 1. The number of likely N-dealkylation sites (N-methyl/N-ethyl adjacent to an activating group) is 1. The maximum atomic E-state index is 13.7. The van der Waals surface area contributed by atoms with E-state index in [4.69, 9.17) is 9.15 Å². The predicted octanol–water partition coefficient (Wildman–Crippen LogP) is 5.12. The molecule has 0 aliphatic carbocycles. The summed E-state index contributed by atoms with van der Waals surface area (Å²) >= 11 is 3.42. The first-order chi connectivity index (χ1) is 16.2. The number of hydrogen-bond acceptors (Lipinski definition) is 6. The van der Waals surface area contributed by atoms with Crippen LogP contribution >= 0.6 is 15.9 Å². The number of Topliss-reactive ketones (excluding diaryl/α,β-unsaturated/α-hetero) is 1. The van der Waals surface area contributed by atoms with Gasteiger partial charge in [-0.1, -0.05) is 34.1 Å². The highest BCUT2D eigenvalue weighted by Gasteiger charge is 2.45. The Bertz CT molecular complexity index is 1280. The number of benzene rings is 2. The molecular formula is C26H27BrN2O5. The van der Waals surface area contributed by atoms with E-state index < -0.39 is 23.5 Å². The van der Waals surface area contributed by atoms with E-state index in [0.717, 1.165) is 9.86 Å².